The van der Waals surface area contributed by atoms with Gasteiger partial charge >= 0.3 is 6.61 Å². The van der Waals surface area contributed by atoms with Gasteiger partial charge in [-0.05, 0) is 30.3 Å². The van der Waals surface area contributed by atoms with E-state index in [4.69, 9.17) is 4.74 Å². The van der Waals surface area contributed by atoms with Crippen molar-refractivity contribution in [2.45, 2.75) is 6.61 Å². The number of anilines is 1. The number of carbonyl (C=O) groups is 1. The average molecular weight is 376 g/mol. The molecule has 1 saturated heterocycles. The van der Waals surface area contributed by atoms with Gasteiger partial charge in [-0.1, -0.05) is 6.58 Å². The summed E-state index contributed by atoms with van der Waals surface area (Å²) in [5.41, 5.74) is 0. The van der Waals surface area contributed by atoms with Gasteiger partial charge in [0, 0.05) is 38.6 Å². The molecule has 7 nitrogen and oxygen atoms in total. The predicted molar refractivity (Wildman–Crippen MR) is 94.2 cm³/mol. The fourth-order valence-corrected chi connectivity index (χ4v) is 2.68. The Morgan fingerprint density at radius 2 is 1.70 bits per heavy atom. The van der Waals surface area contributed by atoms with Crippen molar-refractivity contribution >= 4 is 11.7 Å². The molecule has 142 valence electrons. The maximum Gasteiger partial charge on any atom is 0.387 e. The Labute approximate surface area is 154 Å². The van der Waals surface area contributed by atoms with E-state index < -0.39 is 6.61 Å². The van der Waals surface area contributed by atoms with Gasteiger partial charge in [0.15, 0.2) is 5.82 Å². The van der Waals surface area contributed by atoms with Gasteiger partial charge in [-0.2, -0.15) is 8.78 Å². The lowest BCUT2D eigenvalue weighted by molar-refractivity contribution is -0.126. The summed E-state index contributed by atoms with van der Waals surface area (Å²) >= 11 is 0. The molecule has 0 saturated carbocycles. The molecule has 1 aliphatic rings. The maximum absolute atomic E-state index is 12.2. The summed E-state index contributed by atoms with van der Waals surface area (Å²) in [5.74, 6) is 1.20. The molecule has 27 heavy (non-hydrogen) atoms. The molecular formula is C18H18F2N4O3. The summed E-state index contributed by atoms with van der Waals surface area (Å²) in [5, 5.41) is 0. The van der Waals surface area contributed by atoms with Crippen molar-refractivity contribution in [2.75, 3.05) is 31.1 Å². The molecule has 0 N–H and O–H groups in total. The fraction of sp³-hybridized carbons (Fsp3) is 0.278. The Kier molecular flexibility index (Phi) is 5.80. The van der Waals surface area contributed by atoms with Crippen LogP contribution in [0.3, 0.4) is 0 Å². The van der Waals surface area contributed by atoms with Gasteiger partial charge in [-0.25, -0.2) is 9.97 Å². The Morgan fingerprint density at radius 1 is 1.07 bits per heavy atom. The van der Waals surface area contributed by atoms with Crippen molar-refractivity contribution in [1.82, 2.24) is 14.9 Å². The highest BCUT2D eigenvalue weighted by Gasteiger charge is 2.23. The number of benzene rings is 1. The fourth-order valence-electron chi connectivity index (χ4n) is 2.68. The molecule has 0 radical (unpaired) electrons. The van der Waals surface area contributed by atoms with Crippen LogP contribution < -0.4 is 14.4 Å². The molecule has 0 aliphatic carbocycles. The minimum absolute atomic E-state index is 0.0414. The first-order valence-corrected chi connectivity index (χ1v) is 8.27. The molecule has 1 amide bonds. The van der Waals surface area contributed by atoms with Crippen LogP contribution in [0.1, 0.15) is 0 Å². The molecule has 0 atom stereocenters. The van der Waals surface area contributed by atoms with Crippen LogP contribution in [0, 0.1) is 0 Å². The standard InChI is InChI=1S/C18H18F2N4O3/c1-2-15(25)23-9-11-24(12-10-23)16-17(22-8-7-21-16)26-13-3-5-14(6-4-13)27-18(19)20/h2-8,18H,1,9-12H2. The smallest absolute Gasteiger partial charge is 0.387 e. The Balaban J connectivity index is 1.69. The summed E-state index contributed by atoms with van der Waals surface area (Å²) in [6.07, 6.45) is 4.36. The van der Waals surface area contributed by atoms with Crippen LogP contribution in [0.5, 0.6) is 17.4 Å². The molecule has 3 rings (SSSR count). The number of amides is 1. The SMILES string of the molecule is C=CC(=O)N1CCN(c2nccnc2Oc2ccc(OC(F)F)cc2)CC1. The third-order valence-corrected chi connectivity index (χ3v) is 3.98. The topological polar surface area (TPSA) is 67.8 Å². The summed E-state index contributed by atoms with van der Waals surface area (Å²) in [7, 11) is 0. The zero-order chi connectivity index (χ0) is 19.2. The molecule has 9 heteroatoms. The third kappa shape index (κ3) is 4.69. The van der Waals surface area contributed by atoms with Gasteiger partial charge in [0.1, 0.15) is 11.5 Å². The van der Waals surface area contributed by atoms with E-state index in [1.54, 1.807) is 11.1 Å². The first kappa shape index (κ1) is 18.6. The van der Waals surface area contributed by atoms with Gasteiger partial charge in [0.05, 0.1) is 0 Å². The Bertz CT molecular complexity index is 793. The molecule has 0 bridgehead atoms. The van der Waals surface area contributed by atoms with Crippen molar-refractivity contribution in [3.63, 3.8) is 0 Å². The predicted octanol–water partition coefficient (Wildman–Crippen LogP) is 2.70. The van der Waals surface area contributed by atoms with E-state index in [9.17, 15) is 13.6 Å². The van der Waals surface area contributed by atoms with Crippen molar-refractivity contribution in [3.05, 3.63) is 49.3 Å². The Morgan fingerprint density at radius 3 is 2.33 bits per heavy atom. The summed E-state index contributed by atoms with van der Waals surface area (Å²) in [6, 6.07) is 5.79. The largest absolute Gasteiger partial charge is 0.436 e. The van der Waals surface area contributed by atoms with Crippen LogP contribution in [0.4, 0.5) is 14.6 Å². The van der Waals surface area contributed by atoms with Crippen LogP contribution in [0.2, 0.25) is 0 Å². The van der Waals surface area contributed by atoms with Gasteiger partial charge in [-0.3, -0.25) is 4.79 Å². The zero-order valence-corrected chi connectivity index (χ0v) is 14.4. The monoisotopic (exact) mass is 376 g/mol. The van der Waals surface area contributed by atoms with Crippen molar-refractivity contribution in [2.24, 2.45) is 0 Å². The van der Waals surface area contributed by atoms with Crippen LogP contribution >= 0.6 is 0 Å². The Hall–Kier alpha value is -3.23. The van der Waals surface area contributed by atoms with E-state index in [0.717, 1.165) is 0 Å². The van der Waals surface area contributed by atoms with Gasteiger partial charge in [0.25, 0.3) is 5.88 Å². The molecule has 2 aromatic rings. The second-order valence-corrected chi connectivity index (χ2v) is 5.65. The molecule has 2 heterocycles. The first-order valence-electron chi connectivity index (χ1n) is 8.27. The number of aromatic nitrogens is 2. The molecular weight excluding hydrogens is 358 g/mol. The number of alkyl halides is 2. The lowest BCUT2D eigenvalue weighted by Crippen LogP contribution is -2.48. The summed E-state index contributed by atoms with van der Waals surface area (Å²) in [4.78, 5) is 23.9. The number of halogens is 2. The van der Waals surface area contributed by atoms with E-state index in [0.29, 0.717) is 43.6 Å². The number of carbonyl (C=O) groups excluding carboxylic acids is 1. The van der Waals surface area contributed by atoms with Crippen molar-refractivity contribution < 1.29 is 23.0 Å². The normalized spacial score (nSPS) is 14.2. The molecule has 1 aliphatic heterocycles. The minimum Gasteiger partial charge on any atom is -0.436 e. The number of hydrogen-bond acceptors (Lipinski definition) is 6. The van der Waals surface area contributed by atoms with Crippen LogP contribution in [0.25, 0.3) is 0 Å². The maximum atomic E-state index is 12.2. The number of piperazine rings is 1. The van der Waals surface area contributed by atoms with E-state index >= 15 is 0 Å². The molecule has 1 aromatic carbocycles. The van der Waals surface area contributed by atoms with Crippen LogP contribution in [0.15, 0.2) is 49.3 Å². The zero-order valence-electron chi connectivity index (χ0n) is 14.4. The number of nitrogens with zero attached hydrogens (tertiary/aromatic N) is 4. The summed E-state index contributed by atoms with van der Waals surface area (Å²) in [6.45, 7) is 2.86. The van der Waals surface area contributed by atoms with Gasteiger partial charge in [0.2, 0.25) is 5.91 Å². The second kappa shape index (κ2) is 8.43. The summed E-state index contributed by atoms with van der Waals surface area (Å²) < 4.78 is 34.5. The van der Waals surface area contributed by atoms with Crippen molar-refractivity contribution in [1.29, 1.82) is 0 Å². The molecule has 0 spiro atoms. The molecule has 0 unspecified atom stereocenters. The van der Waals surface area contributed by atoms with Crippen LogP contribution in [-0.4, -0.2) is 53.6 Å². The van der Waals surface area contributed by atoms with E-state index in [1.165, 1.54) is 36.5 Å². The van der Waals surface area contributed by atoms with Gasteiger partial charge in [-0.15, -0.1) is 0 Å². The van der Waals surface area contributed by atoms with E-state index in [2.05, 4.69) is 21.3 Å². The van der Waals surface area contributed by atoms with E-state index in [-0.39, 0.29) is 11.7 Å². The molecule has 1 aromatic heterocycles. The first-order chi connectivity index (χ1) is 13.1. The third-order valence-electron chi connectivity index (χ3n) is 3.98. The lowest BCUT2D eigenvalue weighted by Gasteiger charge is -2.35. The number of ether oxygens (including phenoxy) is 2. The van der Waals surface area contributed by atoms with Gasteiger partial charge < -0.3 is 19.3 Å². The highest BCUT2D eigenvalue weighted by atomic mass is 19.3. The quantitative estimate of drug-likeness (QED) is 0.722. The van der Waals surface area contributed by atoms with Crippen molar-refractivity contribution in [3.8, 4) is 17.4 Å². The number of hydrogen-bond donors (Lipinski definition) is 0. The minimum atomic E-state index is -2.88. The van der Waals surface area contributed by atoms with Crippen LogP contribution in [-0.2, 0) is 4.79 Å². The molecule has 1 fully saturated rings. The number of rotatable bonds is 6. The highest BCUT2D eigenvalue weighted by molar-refractivity contribution is 5.87. The second-order valence-electron chi connectivity index (χ2n) is 5.65. The average Bonchev–Trinajstić information content (AvgIpc) is 2.69. The lowest BCUT2D eigenvalue weighted by atomic mass is 10.3. The van der Waals surface area contributed by atoms with E-state index in [1.807, 2.05) is 4.90 Å². The highest BCUT2D eigenvalue weighted by Crippen LogP contribution is 2.29.